The molecule has 0 heterocycles. The summed E-state index contributed by atoms with van der Waals surface area (Å²) in [5, 5.41) is 2.55. The summed E-state index contributed by atoms with van der Waals surface area (Å²) in [6.07, 6.45) is 5.15. The lowest BCUT2D eigenvalue weighted by Crippen LogP contribution is -2.41. The van der Waals surface area contributed by atoms with Gasteiger partial charge in [0.15, 0.2) is 6.10 Å². The molecule has 6 nitrogen and oxygen atoms in total. The van der Waals surface area contributed by atoms with Crippen LogP contribution in [0.2, 0.25) is 0 Å². The van der Waals surface area contributed by atoms with E-state index in [0.29, 0.717) is 5.56 Å². The highest BCUT2D eigenvalue weighted by Gasteiger charge is 2.24. The summed E-state index contributed by atoms with van der Waals surface area (Å²) >= 11 is 0. The number of carbonyl (C=O) groups excluding carboxylic acids is 3. The van der Waals surface area contributed by atoms with Crippen LogP contribution in [0.15, 0.2) is 48.5 Å². The fraction of sp³-hybridized carbons (Fsp3) is 0.320. The van der Waals surface area contributed by atoms with Crippen molar-refractivity contribution < 1.29 is 23.9 Å². The third-order valence-corrected chi connectivity index (χ3v) is 5.30. The Hall–Kier alpha value is -3.41. The molecule has 6 heteroatoms. The molecule has 1 amide bonds. The average molecular weight is 421 g/mol. The van der Waals surface area contributed by atoms with Crippen molar-refractivity contribution in [3.05, 3.63) is 70.8 Å². The Balaban J connectivity index is 1.51. The van der Waals surface area contributed by atoms with Gasteiger partial charge in [0.1, 0.15) is 11.8 Å². The molecule has 3 rings (SSSR count). The lowest BCUT2D eigenvalue weighted by Gasteiger charge is -2.17. The van der Waals surface area contributed by atoms with Gasteiger partial charge in [-0.2, -0.15) is 0 Å². The third-order valence-electron chi connectivity index (χ3n) is 5.30. The normalized spacial score (nSPS) is 14.5. The van der Waals surface area contributed by atoms with Crippen LogP contribution in [-0.4, -0.2) is 36.9 Å². The Bertz CT molecular complexity index is 993. The number of amides is 1. The van der Waals surface area contributed by atoms with Gasteiger partial charge in [0, 0.05) is 11.6 Å². The van der Waals surface area contributed by atoms with Gasteiger partial charge in [-0.15, -0.1) is 0 Å². The van der Waals surface area contributed by atoms with E-state index >= 15 is 0 Å². The van der Waals surface area contributed by atoms with Crippen molar-refractivity contribution >= 4 is 23.7 Å². The van der Waals surface area contributed by atoms with Gasteiger partial charge in [-0.25, -0.2) is 4.79 Å². The highest BCUT2D eigenvalue weighted by atomic mass is 16.5. The Morgan fingerprint density at radius 2 is 1.71 bits per heavy atom. The van der Waals surface area contributed by atoms with Crippen LogP contribution in [0.4, 0.5) is 0 Å². The molecule has 2 atom stereocenters. The number of Topliss-reactive ketones (excluding diaryl/α,β-unsaturated/α-hetero) is 1. The van der Waals surface area contributed by atoms with Gasteiger partial charge in [-0.1, -0.05) is 24.3 Å². The fourth-order valence-corrected chi connectivity index (χ4v) is 3.50. The Morgan fingerprint density at radius 1 is 1.00 bits per heavy atom. The number of esters is 1. The largest absolute Gasteiger partial charge is 0.497 e. The minimum atomic E-state index is -0.929. The van der Waals surface area contributed by atoms with Crippen molar-refractivity contribution in [3.8, 4) is 5.75 Å². The molecule has 31 heavy (non-hydrogen) atoms. The summed E-state index contributed by atoms with van der Waals surface area (Å²) in [6, 6.07) is 12.0. The molecule has 162 valence electrons. The van der Waals surface area contributed by atoms with Gasteiger partial charge in [-0.05, 0) is 74.1 Å². The summed E-state index contributed by atoms with van der Waals surface area (Å²) in [5.41, 5.74) is 3.83. The first kappa shape index (κ1) is 22.3. The Kier molecular flexibility index (Phi) is 7.23. The lowest BCUT2D eigenvalue weighted by molar-refractivity contribution is -0.149. The van der Waals surface area contributed by atoms with E-state index in [1.54, 1.807) is 38.3 Å². The third kappa shape index (κ3) is 5.81. The van der Waals surface area contributed by atoms with Gasteiger partial charge in [-0.3, -0.25) is 9.59 Å². The van der Waals surface area contributed by atoms with Crippen LogP contribution in [0.3, 0.4) is 0 Å². The maximum absolute atomic E-state index is 12.6. The summed E-state index contributed by atoms with van der Waals surface area (Å²) in [6.45, 7) is 3.07. The second kappa shape index (κ2) is 10.1. The Labute approximate surface area is 182 Å². The molecule has 0 saturated carbocycles. The van der Waals surface area contributed by atoms with Crippen molar-refractivity contribution in [2.24, 2.45) is 0 Å². The smallest absolute Gasteiger partial charge is 0.329 e. The number of benzene rings is 2. The summed E-state index contributed by atoms with van der Waals surface area (Å²) in [5.74, 6) is -0.617. The number of hydrogen-bond donors (Lipinski definition) is 1. The number of methoxy groups -OCH3 is 1. The van der Waals surface area contributed by atoms with E-state index in [1.165, 1.54) is 24.1 Å². The maximum Gasteiger partial charge on any atom is 0.329 e. The molecule has 2 aromatic carbocycles. The van der Waals surface area contributed by atoms with E-state index in [2.05, 4.69) is 5.32 Å². The number of ketones is 1. The summed E-state index contributed by atoms with van der Waals surface area (Å²) in [7, 11) is 1.58. The van der Waals surface area contributed by atoms with Gasteiger partial charge < -0.3 is 14.8 Å². The average Bonchev–Trinajstić information content (AvgIpc) is 3.25. The first-order valence-electron chi connectivity index (χ1n) is 10.4. The van der Waals surface area contributed by atoms with E-state index in [0.717, 1.165) is 30.6 Å². The Morgan fingerprint density at radius 3 is 2.42 bits per heavy atom. The minimum absolute atomic E-state index is 0.249. The molecule has 2 aromatic rings. The van der Waals surface area contributed by atoms with E-state index in [-0.39, 0.29) is 5.78 Å². The maximum atomic E-state index is 12.6. The molecule has 1 aliphatic carbocycles. The molecule has 0 bridgehead atoms. The standard InChI is InChI=1S/C25H27NO5/c1-16(26-23(27)14-9-18-7-12-22(30-3)13-8-18)25(29)31-17(2)24(28)21-11-10-19-5-4-6-20(19)15-21/h7-17H,4-6H2,1-3H3,(H,26,27)/b14-9+/t16-,17+/m0/s1. The van der Waals surface area contributed by atoms with E-state index in [1.807, 2.05) is 24.3 Å². The van der Waals surface area contributed by atoms with Crippen LogP contribution in [0.1, 0.15) is 47.3 Å². The van der Waals surface area contributed by atoms with E-state index in [9.17, 15) is 14.4 Å². The number of fused-ring (bicyclic) bond motifs is 1. The van der Waals surface area contributed by atoms with Crippen LogP contribution in [0.25, 0.3) is 6.08 Å². The molecular weight excluding hydrogens is 394 g/mol. The molecule has 0 saturated heterocycles. The zero-order valence-electron chi connectivity index (χ0n) is 18.0. The predicted molar refractivity (Wildman–Crippen MR) is 118 cm³/mol. The van der Waals surface area contributed by atoms with Crippen LogP contribution in [0, 0.1) is 0 Å². The van der Waals surface area contributed by atoms with Crippen LogP contribution >= 0.6 is 0 Å². The second-order valence-corrected chi connectivity index (χ2v) is 7.62. The number of ether oxygens (including phenoxy) is 2. The van der Waals surface area contributed by atoms with Crippen molar-refractivity contribution in [3.63, 3.8) is 0 Å². The first-order valence-corrected chi connectivity index (χ1v) is 10.4. The predicted octanol–water partition coefficient (Wildman–Crippen LogP) is 3.52. The molecule has 0 spiro atoms. The van der Waals surface area contributed by atoms with Crippen molar-refractivity contribution in [2.75, 3.05) is 7.11 Å². The zero-order valence-corrected chi connectivity index (χ0v) is 18.0. The molecule has 0 unspecified atom stereocenters. The molecule has 1 aliphatic rings. The van der Waals surface area contributed by atoms with E-state index < -0.39 is 24.0 Å². The molecule has 0 radical (unpaired) electrons. The highest BCUT2D eigenvalue weighted by Crippen LogP contribution is 2.23. The van der Waals surface area contributed by atoms with Gasteiger partial charge in [0.2, 0.25) is 11.7 Å². The highest BCUT2D eigenvalue weighted by molar-refractivity contribution is 6.01. The summed E-state index contributed by atoms with van der Waals surface area (Å²) < 4.78 is 10.4. The minimum Gasteiger partial charge on any atom is -0.497 e. The topological polar surface area (TPSA) is 81.7 Å². The van der Waals surface area contributed by atoms with E-state index in [4.69, 9.17) is 9.47 Å². The lowest BCUT2D eigenvalue weighted by atomic mass is 10.0. The first-order chi connectivity index (χ1) is 14.9. The fourth-order valence-electron chi connectivity index (χ4n) is 3.50. The van der Waals surface area contributed by atoms with Gasteiger partial charge in [0.05, 0.1) is 7.11 Å². The zero-order chi connectivity index (χ0) is 22.4. The number of carbonyl (C=O) groups is 3. The molecule has 0 fully saturated rings. The van der Waals surface area contributed by atoms with Crippen LogP contribution in [-0.2, 0) is 27.2 Å². The van der Waals surface area contributed by atoms with Gasteiger partial charge in [0.25, 0.3) is 0 Å². The number of nitrogens with one attached hydrogen (secondary N) is 1. The number of rotatable bonds is 8. The van der Waals surface area contributed by atoms with Crippen LogP contribution < -0.4 is 10.1 Å². The van der Waals surface area contributed by atoms with Crippen molar-refractivity contribution in [2.45, 2.75) is 45.3 Å². The van der Waals surface area contributed by atoms with Crippen molar-refractivity contribution in [1.82, 2.24) is 5.32 Å². The number of aryl methyl sites for hydroxylation is 2. The monoisotopic (exact) mass is 421 g/mol. The molecule has 0 aromatic heterocycles. The molecule has 0 aliphatic heterocycles. The van der Waals surface area contributed by atoms with Crippen LogP contribution in [0.5, 0.6) is 5.75 Å². The summed E-state index contributed by atoms with van der Waals surface area (Å²) in [4.78, 5) is 37.1. The number of hydrogen-bond acceptors (Lipinski definition) is 5. The van der Waals surface area contributed by atoms with Crippen molar-refractivity contribution in [1.29, 1.82) is 0 Å². The van der Waals surface area contributed by atoms with Gasteiger partial charge >= 0.3 is 5.97 Å². The molecular formula is C25H27NO5. The SMILES string of the molecule is COc1ccc(/C=C/C(=O)N[C@@H](C)C(=O)O[C@H](C)C(=O)c2ccc3c(c2)CCC3)cc1. The quantitative estimate of drug-likeness (QED) is 0.401. The molecule has 1 N–H and O–H groups in total. The second-order valence-electron chi connectivity index (χ2n) is 7.62.